The molecule has 9 fully saturated rings. The molecule has 12 rings (SSSR count). The number of nitrogens with one attached hydrogen (secondary N) is 1. The van der Waals surface area contributed by atoms with Crippen molar-refractivity contribution in [1.82, 2.24) is 20.2 Å². The number of rotatable bonds is 18. The van der Waals surface area contributed by atoms with E-state index in [-0.39, 0.29) is 222 Å². The monoisotopic (exact) mass is 1810 g/mol. The van der Waals surface area contributed by atoms with Gasteiger partial charge in [-0.1, -0.05) is 148 Å². The number of alkyl halides is 1. The summed E-state index contributed by atoms with van der Waals surface area (Å²) in [6, 6.07) is 29.6. The van der Waals surface area contributed by atoms with Crippen LogP contribution in [0.5, 0.6) is 0 Å². The van der Waals surface area contributed by atoms with Gasteiger partial charge in [0.2, 0.25) is 23.6 Å². The van der Waals surface area contributed by atoms with Crippen LogP contribution in [0.15, 0.2) is 96.2 Å². The van der Waals surface area contributed by atoms with E-state index in [2.05, 4.69) is 90.0 Å². The molecule has 5 aliphatic carbocycles. The van der Waals surface area contributed by atoms with Crippen molar-refractivity contribution in [2.75, 3.05) is 64.4 Å². The van der Waals surface area contributed by atoms with Crippen molar-refractivity contribution >= 4 is 84.4 Å². The number of nitrogens with two attached hydrogens (primary N) is 2. The van der Waals surface area contributed by atoms with E-state index in [0.29, 0.717) is 50.9 Å². The first kappa shape index (κ1) is 103. The smallest absolute Gasteiger partial charge is 1.00 e. The molecule has 0 atom stereocenters. The maximum absolute atomic E-state index is 12.3. The number of β-lactam (4-membered cyclic amide) rings is 4. The van der Waals surface area contributed by atoms with Crippen LogP contribution in [0, 0.1) is 57.2 Å². The molecule has 0 aromatic heterocycles. The molecule has 9 aliphatic rings. The van der Waals surface area contributed by atoms with Gasteiger partial charge in [-0.05, 0) is 195 Å². The Morgan fingerprint density at radius 1 is 0.565 bits per heavy atom. The zero-order valence-electron chi connectivity index (χ0n) is 67.6. The van der Waals surface area contributed by atoms with Gasteiger partial charge in [0.25, 0.3) is 12.4 Å². The molecule has 24 nitrogen and oxygen atoms in total. The number of hydroxylamine groups is 2. The summed E-state index contributed by atoms with van der Waals surface area (Å²) in [5.74, 6) is 8.89. The minimum absolute atomic E-state index is 0. The molecule has 28 heteroatoms. The number of benzene rings is 3. The number of nitrogens with zero attached hydrogens (tertiary/aromatic N) is 4. The third-order valence-corrected chi connectivity index (χ3v) is 21.6. The molecule has 3 aromatic rings. The summed E-state index contributed by atoms with van der Waals surface area (Å²) in [7, 11) is 4.50. The number of ether oxygens (including phenoxy) is 3. The molecule has 2 radical (unpaired) electrons. The number of carbonyl (C=O) groups is 9. The predicted octanol–water partition coefficient (Wildman–Crippen LogP) is 5.54. The van der Waals surface area contributed by atoms with Gasteiger partial charge in [0.05, 0.1) is 74.9 Å². The summed E-state index contributed by atoms with van der Waals surface area (Å²) in [5.41, 5.74) is 8.14. The first-order valence-electron chi connectivity index (χ1n) is 37.8. The fourth-order valence-corrected chi connectivity index (χ4v) is 14.4. The normalized spacial score (nSPS) is 25.5. The largest absolute Gasteiger partial charge is 1.00 e. The number of esters is 3. The van der Waals surface area contributed by atoms with Crippen LogP contribution in [0.4, 0.5) is 0 Å². The number of hydrogen-bond acceptors (Lipinski definition) is 19. The van der Waals surface area contributed by atoms with Crippen molar-refractivity contribution in [3.63, 3.8) is 0 Å². The Kier molecular flexibility index (Phi) is 54.3. The predicted molar refractivity (Wildman–Crippen MR) is 409 cm³/mol. The minimum atomic E-state index is -0.414. The Morgan fingerprint density at radius 2 is 0.926 bits per heavy atom. The van der Waals surface area contributed by atoms with Crippen LogP contribution in [-0.2, 0) is 96.6 Å². The molecule has 5 N–H and O–H groups in total. The Balaban J connectivity index is 0.00000122. The van der Waals surface area contributed by atoms with Crippen LogP contribution in [-0.4, -0.2) is 148 Å². The van der Waals surface area contributed by atoms with E-state index in [1.165, 1.54) is 45.3 Å². The van der Waals surface area contributed by atoms with E-state index in [9.17, 15) is 38.4 Å². The first-order valence-corrected chi connectivity index (χ1v) is 38.9. The van der Waals surface area contributed by atoms with E-state index >= 15 is 0 Å². The number of amides is 5. The number of primary amides is 1. The van der Waals surface area contributed by atoms with Crippen molar-refractivity contribution in [1.29, 1.82) is 0 Å². The number of likely N-dealkylation sites (tertiary alicyclic amines) is 2. The number of oxime groups is 1. The molecular formula is C80H123BBrCs2N7O17. The van der Waals surface area contributed by atoms with Crippen LogP contribution in [0.3, 0.4) is 0 Å². The zero-order valence-corrected chi connectivity index (χ0v) is 80.7. The van der Waals surface area contributed by atoms with Gasteiger partial charge < -0.3 is 51.5 Å². The summed E-state index contributed by atoms with van der Waals surface area (Å²) in [4.78, 5) is 120. The fraction of sp³-hybridized carbons (Fsp3) is 0.650. The number of hydrogen-bond donors (Lipinski definition) is 3. The second kappa shape index (κ2) is 57.0. The average Bonchev–Trinajstić information content (AvgIpc) is 0.763. The van der Waals surface area contributed by atoms with E-state index in [1.54, 1.807) is 28.7 Å². The van der Waals surface area contributed by atoms with Crippen LogP contribution in [0.25, 0.3) is 0 Å². The van der Waals surface area contributed by atoms with Gasteiger partial charge in [-0.15, -0.1) is 5.16 Å². The van der Waals surface area contributed by atoms with Gasteiger partial charge in [0.1, 0.15) is 25.1 Å². The first-order chi connectivity index (χ1) is 50.9. The van der Waals surface area contributed by atoms with Gasteiger partial charge >= 0.3 is 156 Å². The third-order valence-electron chi connectivity index (χ3n) is 21.1. The van der Waals surface area contributed by atoms with E-state index < -0.39 is 5.91 Å². The van der Waals surface area contributed by atoms with Crippen LogP contribution >= 0.6 is 15.9 Å². The summed E-state index contributed by atoms with van der Waals surface area (Å²) < 4.78 is 14.3. The Morgan fingerprint density at radius 3 is 1.24 bits per heavy atom. The maximum atomic E-state index is 12.3. The Hall–Kier alpha value is -3.15. The molecule has 3 aromatic carbocycles. The van der Waals surface area contributed by atoms with Crippen molar-refractivity contribution in [2.45, 2.75) is 210 Å². The third kappa shape index (κ3) is 36.1. The van der Waals surface area contributed by atoms with E-state index in [4.69, 9.17) is 40.8 Å². The average molecular weight is 1810 g/mol. The SMILES string of the molecule is C=NOCc1ccccc1.CC1CCC2(CC1)CN(CC(N)=O)C2=O.CC1CCC2(CC1)CN(OCc1ccccc1)C2=O.CC1CCC2(CC1)CNC2=O.CCOC(=O)C1CCC(C)CC1.CCOC(=O)CBr.CCOC(=O)CN1CC2(CCC(C)CC2)C1=O.NOCc1ccccc1.O=CO[O-].[B]C.[Cs+].[Cs+].[H-]. The maximum Gasteiger partial charge on any atom is 1.00 e. The van der Waals surface area contributed by atoms with E-state index in [1.807, 2.05) is 97.9 Å². The topological polar surface area (TPSA) is 327 Å². The molecule has 4 heterocycles. The summed E-state index contributed by atoms with van der Waals surface area (Å²) in [6.07, 6.45) is 22.1. The molecule has 108 heavy (non-hydrogen) atoms. The molecule has 5 saturated carbocycles. The summed E-state index contributed by atoms with van der Waals surface area (Å²) in [5, 5.41) is 16.4. The molecule has 4 aliphatic heterocycles. The molecule has 4 saturated heterocycles. The molecule has 5 amide bonds. The van der Waals surface area contributed by atoms with Gasteiger partial charge in [-0.3, -0.25) is 52.8 Å². The van der Waals surface area contributed by atoms with Crippen molar-refractivity contribution in [2.24, 2.45) is 74.0 Å². The molecule has 0 unspecified atom stereocenters. The summed E-state index contributed by atoms with van der Waals surface area (Å²) in [6.45, 7) is 27.5. The van der Waals surface area contributed by atoms with Crippen LogP contribution < -0.4 is 160 Å². The molecule has 0 bridgehead atoms. The number of halogens is 1. The van der Waals surface area contributed by atoms with Gasteiger partial charge in [0.15, 0.2) is 0 Å². The van der Waals surface area contributed by atoms with E-state index in [0.717, 1.165) is 162 Å². The zero-order chi connectivity index (χ0) is 78.6. The van der Waals surface area contributed by atoms with Crippen molar-refractivity contribution in [3.05, 3.63) is 108 Å². The molecule has 4 spiro atoms. The molecule has 592 valence electrons. The van der Waals surface area contributed by atoms with Crippen LogP contribution in [0.2, 0.25) is 6.82 Å². The second-order valence-electron chi connectivity index (χ2n) is 29.3. The number of carbonyl (C=O) groups excluding carboxylic acids is 9. The van der Waals surface area contributed by atoms with Gasteiger partial charge in [0, 0.05) is 26.4 Å². The van der Waals surface area contributed by atoms with Crippen molar-refractivity contribution in [3.8, 4) is 0 Å². The fourth-order valence-electron chi connectivity index (χ4n) is 14.2. The Bertz CT molecular complexity index is 3070. The van der Waals surface area contributed by atoms with Gasteiger partial charge in [-0.2, -0.15) is 0 Å². The second-order valence-corrected chi connectivity index (χ2v) is 29.8. The quantitative estimate of drug-likeness (QED) is 0.0162. The standard InChI is InChI=1S/C16H21NO2.C13H21NO3.C11H18N2O2.C10H18O2.C9H15NO.C8H9NO.C7H9NO.C4H7BrO2.CH3B.CH2O3.2Cs.H/c1-13-7-9-16(10-8-13)12-17(15(16)18)19-11-14-5-3-2-4-6-14;1-3-17-11(15)8-14-9-13(12(14)16)6-4-10(2)5-7-13;1-8-2-4-11(5-3-8)7-13(10(11)15)6-9(12)14;1-3-12-10(11)9-6-4-8(2)5-7-9;1-7-2-4-9(5-3-7)6-10-8(9)11;1-9-10-7-8-5-3-2-4-6-8;8-9-6-7-4-2-1-3-5-7;1-2-7-4(6)3-5;1-2;2-1-4-3;;;/h2-6,13H,7-12H2,1H3;10H,3-9H2,1-2H3;8H,2-7H2,1H3,(H2,12,14);8-9H,3-7H2,1-2H3;7H,2-6H2,1H3,(H,10,11);2-6H,1,7H2;1-5H,6,8H2;2-3H2,1H3;1H3;1,3H;;;/q;;;;;;;;;;2*+1;-1/p-1. The minimum Gasteiger partial charge on any atom is -1.00 e. The summed E-state index contributed by atoms with van der Waals surface area (Å²) >= 11 is 2.94. The van der Waals surface area contributed by atoms with Crippen LogP contribution in [0.1, 0.15) is 202 Å². The van der Waals surface area contributed by atoms with Crippen molar-refractivity contribution < 1.29 is 221 Å². The van der Waals surface area contributed by atoms with Gasteiger partial charge in [-0.25, -0.2) is 11.0 Å². The molecular weight excluding hydrogens is 1690 g/mol. The Labute approximate surface area is 772 Å².